The third-order valence-electron chi connectivity index (χ3n) is 6.45. The largest absolute Gasteiger partial charge is 0.396 e. The second-order valence-electron chi connectivity index (χ2n) is 7.93. The molecule has 3 aliphatic carbocycles. The lowest BCUT2D eigenvalue weighted by atomic mass is 9.54. The molecule has 4 atom stereocenters. The van der Waals surface area contributed by atoms with Crippen molar-refractivity contribution >= 4 is 0 Å². The fourth-order valence-electron chi connectivity index (χ4n) is 5.05. The maximum Gasteiger partial charge on any atom is 0.0487 e. The van der Waals surface area contributed by atoms with Crippen LogP contribution < -0.4 is 0 Å². The molecule has 0 heterocycles. The summed E-state index contributed by atoms with van der Waals surface area (Å²) in [5.41, 5.74) is 3.45. The summed E-state index contributed by atoms with van der Waals surface area (Å²) in [7, 11) is 0. The van der Waals surface area contributed by atoms with E-state index in [0.717, 1.165) is 11.8 Å². The molecule has 1 unspecified atom stereocenters. The third kappa shape index (κ3) is 2.28. The van der Waals surface area contributed by atoms with Crippen molar-refractivity contribution in [1.82, 2.24) is 0 Å². The lowest BCUT2D eigenvalue weighted by Gasteiger charge is -2.51. The Morgan fingerprint density at radius 2 is 2.15 bits per heavy atom. The number of aliphatic hydroxyl groups is 1. The van der Waals surface area contributed by atoms with Crippen molar-refractivity contribution < 1.29 is 5.11 Å². The quantitative estimate of drug-likeness (QED) is 0.772. The Bertz CT molecular complexity index is 431. The van der Waals surface area contributed by atoms with Crippen LogP contribution in [0.1, 0.15) is 59.3 Å². The van der Waals surface area contributed by atoms with Gasteiger partial charge in [0.05, 0.1) is 0 Å². The molecule has 0 spiro atoms. The summed E-state index contributed by atoms with van der Waals surface area (Å²) in [6.07, 6.45) is 12.8. The fraction of sp³-hybridized carbons (Fsp3) is 0.789. The highest BCUT2D eigenvalue weighted by Gasteiger charge is 2.46. The van der Waals surface area contributed by atoms with Gasteiger partial charge < -0.3 is 5.11 Å². The van der Waals surface area contributed by atoms with Crippen molar-refractivity contribution in [1.29, 1.82) is 0 Å². The zero-order valence-electron chi connectivity index (χ0n) is 13.4. The van der Waals surface area contributed by atoms with E-state index in [1.165, 1.54) is 38.5 Å². The first-order valence-corrected chi connectivity index (χ1v) is 8.56. The Kier molecular flexibility index (Phi) is 3.83. The summed E-state index contributed by atoms with van der Waals surface area (Å²) >= 11 is 0. The molecule has 0 amide bonds. The average Bonchev–Trinajstić information content (AvgIpc) is 2.46. The minimum absolute atomic E-state index is 0.174. The first-order valence-electron chi connectivity index (χ1n) is 8.56. The van der Waals surface area contributed by atoms with Crippen molar-refractivity contribution in [3.8, 4) is 0 Å². The molecule has 0 aromatic carbocycles. The van der Waals surface area contributed by atoms with Gasteiger partial charge in [-0.2, -0.15) is 0 Å². The van der Waals surface area contributed by atoms with E-state index in [9.17, 15) is 5.11 Å². The Morgan fingerprint density at radius 1 is 1.35 bits per heavy atom. The Morgan fingerprint density at radius 3 is 2.85 bits per heavy atom. The van der Waals surface area contributed by atoms with E-state index >= 15 is 0 Å². The molecule has 1 saturated carbocycles. The average molecular weight is 274 g/mol. The van der Waals surface area contributed by atoms with Crippen LogP contribution in [0.15, 0.2) is 23.3 Å². The van der Waals surface area contributed by atoms with E-state index in [1.807, 2.05) is 0 Å². The van der Waals surface area contributed by atoms with Gasteiger partial charge >= 0.3 is 0 Å². The summed E-state index contributed by atoms with van der Waals surface area (Å²) in [6.45, 7) is 7.33. The molecule has 3 aliphatic rings. The smallest absolute Gasteiger partial charge is 0.0487 e. The standard InChI is InChI=1S/C19H30O/c1-13(2)14-6-8-16-15(11-14)7-9-18-17(16)5-4-10-19(18,3)12-20/h7,11,13,16-18,20H,4-6,8-10,12H2,1-3H3/t16-,17?,18+,19-/m0/s1. The maximum absolute atomic E-state index is 9.87. The van der Waals surface area contributed by atoms with Gasteiger partial charge in [-0.1, -0.05) is 44.9 Å². The van der Waals surface area contributed by atoms with E-state index < -0.39 is 0 Å². The Labute approximate surface area is 124 Å². The zero-order chi connectivity index (χ0) is 14.3. The molecule has 0 bridgehead atoms. The summed E-state index contributed by atoms with van der Waals surface area (Å²) in [5, 5.41) is 9.87. The first-order chi connectivity index (χ1) is 9.55. The van der Waals surface area contributed by atoms with Crippen LogP contribution in [0.25, 0.3) is 0 Å². The lowest BCUT2D eigenvalue weighted by Crippen LogP contribution is -2.44. The van der Waals surface area contributed by atoms with Crippen molar-refractivity contribution in [3.63, 3.8) is 0 Å². The summed E-state index contributed by atoms with van der Waals surface area (Å²) < 4.78 is 0. The van der Waals surface area contributed by atoms with Crippen LogP contribution in [0.2, 0.25) is 0 Å². The zero-order valence-corrected chi connectivity index (χ0v) is 13.4. The number of hydrogen-bond donors (Lipinski definition) is 1. The van der Waals surface area contributed by atoms with E-state index in [-0.39, 0.29) is 5.41 Å². The van der Waals surface area contributed by atoms with Gasteiger partial charge in [0.15, 0.2) is 0 Å². The summed E-state index contributed by atoms with van der Waals surface area (Å²) in [6, 6.07) is 0. The van der Waals surface area contributed by atoms with Crippen molar-refractivity contribution in [2.45, 2.75) is 59.3 Å². The number of aliphatic hydroxyl groups excluding tert-OH is 1. The molecule has 20 heavy (non-hydrogen) atoms. The second kappa shape index (κ2) is 5.33. The normalized spacial score (nSPS) is 40.8. The first kappa shape index (κ1) is 14.4. The molecule has 1 N–H and O–H groups in total. The molecule has 0 aromatic rings. The molecule has 1 heteroatoms. The van der Waals surface area contributed by atoms with Gasteiger partial charge in [-0.3, -0.25) is 0 Å². The number of fused-ring (bicyclic) bond motifs is 3. The van der Waals surface area contributed by atoms with Crippen LogP contribution in [0, 0.1) is 29.1 Å². The predicted molar refractivity (Wildman–Crippen MR) is 84.4 cm³/mol. The number of hydrogen-bond acceptors (Lipinski definition) is 1. The Hall–Kier alpha value is -0.560. The van der Waals surface area contributed by atoms with Crippen LogP contribution in [-0.2, 0) is 0 Å². The van der Waals surface area contributed by atoms with E-state index in [0.29, 0.717) is 18.4 Å². The van der Waals surface area contributed by atoms with Crippen LogP contribution >= 0.6 is 0 Å². The van der Waals surface area contributed by atoms with Crippen LogP contribution in [0.5, 0.6) is 0 Å². The molecule has 1 nitrogen and oxygen atoms in total. The summed E-state index contributed by atoms with van der Waals surface area (Å²) in [4.78, 5) is 0. The second-order valence-corrected chi connectivity index (χ2v) is 7.93. The topological polar surface area (TPSA) is 20.2 Å². The van der Waals surface area contributed by atoms with Crippen LogP contribution in [0.4, 0.5) is 0 Å². The Balaban J connectivity index is 1.88. The highest BCUT2D eigenvalue weighted by atomic mass is 16.3. The molecule has 0 radical (unpaired) electrons. The lowest BCUT2D eigenvalue weighted by molar-refractivity contribution is -0.0162. The molecule has 0 aliphatic heterocycles. The van der Waals surface area contributed by atoms with Crippen LogP contribution in [-0.4, -0.2) is 11.7 Å². The van der Waals surface area contributed by atoms with Crippen LogP contribution in [0.3, 0.4) is 0 Å². The fourth-order valence-corrected chi connectivity index (χ4v) is 5.05. The van der Waals surface area contributed by atoms with Gasteiger partial charge in [-0.05, 0) is 66.8 Å². The van der Waals surface area contributed by atoms with Gasteiger partial charge in [0.1, 0.15) is 0 Å². The molecular weight excluding hydrogens is 244 g/mol. The van der Waals surface area contributed by atoms with Gasteiger partial charge in [-0.15, -0.1) is 0 Å². The molecular formula is C19H30O. The third-order valence-corrected chi connectivity index (χ3v) is 6.45. The van der Waals surface area contributed by atoms with Crippen molar-refractivity contribution in [2.75, 3.05) is 6.61 Å². The summed E-state index contributed by atoms with van der Waals surface area (Å²) in [5.74, 6) is 3.01. The highest BCUT2D eigenvalue weighted by Crippen LogP contribution is 2.54. The van der Waals surface area contributed by atoms with Gasteiger partial charge in [0, 0.05) is 6.61 Å². The van der Waals surface area contributed by atoms with E-state index in [1.54, 1.807) is 11.1 Å². The SMILES string of the molecule is CC(C)C1=CC2=CC[C@@H]3C(CCC[C@@]3(C)CO)[C@H]2CC1. The van der Waals surface area contributed by atoms with Gasteiger partial charge in [0.25, 0.3) is 0 Å². The minimum atomic E-state index is 0.174. The van der Waals surface area contributed by atoms with Gasteiger partial charge in [-0.25, -0.2) is 0 Å². The van der Waals surface area contributed by atoms with E-state index in [4.69, 9.17) is 0 Å². The van der Waals surface area contributed by atoms with Crippen molar-refractivity contribution in [3.05, 3.63) is 23.3 Å². The van der Waals surface area contributed by atoms with E-state index in [2.05, 4.69) is 32.9 Å². The highest BCUT2D eigenvalue weighted by molar-refractivity contribution is 5.33. The number of rotatable bonds is 2. The monoisotopic (exact) mass is 274 g/mol. The molecule has 112 valence electrons. The molecule has 1 fully saturated rings. The molecule has 0 saturated heterocycles. The van der Waals surface area contributed by atoms with Gasteiger partial charge in [0.2, 0.25) is 0 Å². The van der Waals surface area contributed by atoms with Crippen molar-refractivity contribution in [2.24, 2.45) is 29.1 Å². The predicted octanol–water partition coefficient (Wildman–Crippen LogP) is 4.72. The maximum atomic E-state index is 9.87. The molecule has 3 rings (SSSR count). The molecule has 0 aromatic heterocycles. The number of allylic oxidation sites excluding steroid dienone is 4. The minimum Gasteiger partial charge on any atom is -0.396 e.